The number of aryl methyl sites for hydroxylation is 1. The molecule has 0 aliphatic rings. The first-order valence-corrected chi connectivity index (χ1v) is 10.8. The minimum atomic E-state index is -4.37. The molecule has 0 unspecified atom stereocenters. The quantitative estimate of drug-likeness (QED) is 0.309. The Kier molecular flexibility index (Phi) is 6.23. The first-order valence-electron chi connectivity index (χ1n) is 9.81. The van der Waals surface area contributed by atoms with E-state index in [1.165, 1.54) is 23.9 Å². The minimum Gasteiger partial charge on any atom is -0.497 e. The second-order valence-corrected chi connectivity index (χ2v) is 8.13. The Balaban J connectivity index is 1.69. The van der Waals surface area contributed by atoms with Crippen LogP contribution in [0, 0.1) is 6.92 Å². The Hall–Kier alpha value is -3.26. The summed E-state index contributed by atoms with van der Waals surface area (Å²) in [5.41, 5.74) is 2.75. The number of aromatic nitrogens is 3. The van der Waals surface area contributed by atoms with Crippen LogP contribution in [-0.2, 0) is 11.9 Å². The molecule has 1 aromatic heterocycles. The zero-order chi connectivity index (χ0) is 22.7. The third kappa shape index (κ3) is 4.80. The van der Waals surface area contributed by atoms with Crippen LogP contribution in [0.1, 0.15) is 16.7 Å². The number of halogens is 3. The molecular formula is C24H20F3N3OS. The van der Waals surface area contributed by atoms with Gasteiger partial charge in [0, 0.05) is 17.0 Å². The highest BCUT2D eigenvalue weighted by molar-refractivity contribution is 7.98. The zero-order valence-corrected chi connectivity index (χ0v) is 18.2. The smallest absolute Gasteiger partial charge is 0.416 e. The molecule has 0 amide bonds. The van der Waals surface area contributed by atoms with E-state index in [1.807, 2.05) is 60.0 Å². The standard InChI is InChI=1S/C24H20F3N3OS/c1-16-6-10-20(11-7-16)30-22(18-8-12-21(31-2)13-9-18)28-29-23(30)32-15-17-4-3-5-19(14-17)24(25,26)27/h3-14H,15H2,1-2H3. The van der Waals surface area contributed by atoms with Gasteiger partial charge in [-0.1, -0.05) is 47.7 Å². The Labute approximate surface area is 188 Å². The van der Waals surface area contributed by atoms with Gasteiger partial charge in [-0.15, -0.1) is 10.2 Å². The maximum Gasteiger partial charge on any atom is 0.416 e. The molecule has 0 N–H and O–H groups in total. The number of ether oxygens (including phenoxy) is 1. The van der Waals surface area contributed by atoms with Gasteiger partial charge >= 0.3 is 6.18 Å². The SMILES string of the molecule is COc1ccc(-c2nnc(SCc3cccc(C(F)(F)F)c3)n2-c2ccc(C)cc2)cc1. The summed E-state index contributed by atoms with van der Waals surface area (Å²) in [5.74, 6) is 1.70. The molecule has 0 aliphatic heterocycles. The summed E-state index contributed by atoms with van der Waals surface area (Å²) in [6.45, 7) is 2.00. The van der Waals surface area contributed by atoms with Crippen molar-refractivity contribution in [3.05, 3.63) is 89.5 Å². The second kappa shape index (κ2) is 9.08. The van der Waals surface area contributed by atoms with Crippen LogP contribution in [0.3, 0.4) is 0 Å². The van der Waals surface area contributed by atoms with E-state index in [0.717, 1.165) is 28.6 Å². The van der Waals surface area contributed by atoms with Gasteiger partial charge in [0.15, 0.2) is 11.0 Å². The van der Waals surface area contributed by atoms with E-state index in [2.05, 4.69) is 10.2 Å². The van der Waals surface area contributed by atoms with Crippen molar-refractivity contribution in [3.8, 4) is 22.8 Å². The van der Waals surface area contributed by atoms with E-state index < -0.39 is 11.7 Å². The first-order chi connectivity index (χ1) is 15.3. The first kappa shape index (κ1) is 22.0. The van der Waals surface area contributed by atoms with Crippen molar-refractivity contribution in [1.29, 1.82) is 0 Å². The number of hydrogen-bond donors (Lipinski definition) is 0. The highest BCUT2D eigenvalue weighted by Crippen LogP contribution is 2.33. The van der Waals surface area contributed by atoms with Crippen molar-refractivity contribution in [2.45, 2.75) is 24.0 Å². The highest BCUT2D eigenvalue weighted by Gasteiger charge is 2.30. The maximum absolute atomic E-state index is 13.1. The normalized spacial score (nSPS) is 11.5. The largest absolute Gasteiger partial charge is 0.497 e. The summed E-state index contributed by atoms with van der Waals surface area (Å²) in [4.78, 5) is 0. The van der Waals surface area contributed by atoms with Crippen molar-refractivity contribution in [1.82, 2.24) is 14.8 Å². The van der Waals surface area contributed by atoms with E-state index >= 15 is 0 Å². The predicted octanol–water partition coefficient (Wildman–Crippen LogP) is 6.56. The molecule has 3 aromatic carbocycles. The fraction of sp³-hybridized carbons (Fsp3) is 0.167. The van der Waals surface area contributed by atoms with E-state index in [9.17, 15) is 13.2 Å². The topological polar surface area (TPSA) is 39.9 Å². The van der Waals surface area contributed by atoms with Crippen LogP contribution in [0.4, 0.5) is 13.2 Å². The van der Waals surface area contributed by atoms with Gasteiger partial charge in [0.1, 0.15) is 5.75 Å². The lowest BCUT2D eigenvalue weighted by Crippen LogP contribution is -2.05. The molecule has 8 heteroatoms. The van der Waals surface area contributed by atoms with Gasteiger partial charge in [-0.2, -0.15) is 13.2 Å². The molecule has 0 saturated heterocycles. The second-order valence-electron chi connectivity index (χ2n) is 7.19. The van der Waals surface area contributed by atoms with E-state index in [1.54, 1.807) is 13.2 Å². The lowest BCUT2D eigenvalue weighted by molar-refractivity contribution is -0.137. The average Bonchev–Trinajstić information content (AvgIpc) is 3.22. The summed E-state index contributed by atoms with van der Waals surface area (Å²) in [7, 11) is 1.60. The number of benzene rings is 3. The number of alkyl halides is 3. The van der Waals surface area contributed by atoms with Gasteiger partial charge in [0.05, 0.1) is 12.7 Å². The molecule has 32 heavy (non-hydrogen) atoms. The van der Waals surface area contributed by atoms with Crippen LogP contribution in [0.15, 0.2) is 78.0 Å². The number of rotatable bonds is 6. The maximum atomic E-state index is 13.1. The van der Waals surface area contributed by atoms with E-state index in [0.29, 0.717) is 22.3 Å². The fourth-order valence-corrected chi connectivity index (χ4v) is 4.10. The number of thioether (sulfide) groups is 1. The molecule has 0 atom stereocenters. The molecule has 1 heterocycles. The van der Waals surface area contributed by atoms with Gasteiger partial charge in [0.2, 0.25) is 0 Å². The number of hydrogen-bond acceptors (Lipinski definition) is 4. The molecule has 4 rings (SSSR count). The van der Waals surface area contributed by atoms with Gasteiger partial charge in [-0.25, -0.2) is 0 Å². The summed E-state index contributed by atoms with van der Waals surface area (Å²) < 4.78 is 46.3. The summed E-state index contributed by atoms with van der Waals surface area (Å²) in [5, 5.41) is 9.32. The van der Waals surface area contributed by atoms with Crippen molar-refractivity contribution in [2.24, 2.45) is 0 Å². The summed E-state index contributed by atoms with van der Waals surface area (Å²) >= 11 is 1.34. The van der Waals surface area contributed by atoms with Crippen molar-refractivity contribution >= 4 is 11.8 Å². The molecule has 4 nitrogen and oxygen atoms in total. The third-order valence-corrected chi connectivity index (χ3v) is 5.90. The molecule has 0 spiro atoms. The Morgan fingerprint density at radius 2 is 1.66 bits per heavy atom. The zero-order valence-electron chi connectivity index (χ0n) is 17.4. The van der Waals surface area contributed by atoms with Gasteiger partial charge < -0.3 is 4.74 Å². The molecule has 0 radical (unpaired) electrons. The van der Waals surface area contributed by atoms with Crippen molar-refractivity contribution in [3.63, 3.8) is 0 Å². The van der Waals surface area contributed by atoms with Gasteiger partial charge in [-0.3, -0.25) is 4.57 Å². The lowest BCUT2D eigenvalue weighted by atomic mass is 10.1. The van der Waals surface area contributed by atoms with Crippen LogP contribution in [-0.4, -0.2) is 21.9 Å². The molecule has 0 saturated carbocycles. The molecule has 0 bridgehead atoms. The minimum absolute atomic E-state index is 0.330. The Bertz CT molecular complexity index is 1200. The average molecular weight is 456 g/mol. The van der Waals surface area contributed by atoms with Crippen molar-refractivity contribution in [2.75, 3.05) is 7.11 Å². The van der Waals surface area contributed by atoms with Crippen LogP contribution in [0.2, 0.25) is 0 Å². The van der Waals surface area contributed by atoms with Crippen LogP contribution >= 0.6 is 11.8 Å². The predicted molar refractivity (Wildman–Crippen MR) is 119 cm³/mol. The number of nitrogens with zero attached hydrogens (tertiary/aromatic N) is 3. The lowest BCUT2D eigenvalue weighted by Gasteiger charge is -2.12. The van der Waals surface area contributed by atoms with Crippen molar-refractivity contribution < 1.29 is 17.9 Å². The Morgan fingerprint density at radius 1 is 0.938 bits per heavy atom. The summed E-state index contributed by atoms with van der Waals surface area (Å²) in [6.07, 6.45) is -4.37. The molecule has 0 aliphatic carbocycles. The van der Waals surface area contributed by atoms with Gasteiger partial charge in [-0.05, 0) is 55.0 Å². The van der Waals surface area contributed by atoms with Crippen LogP contribution in [0.5, 0.6) is 5.75 Å². The monoisotopic (exact) mass is 455 g/mol. The third-order valence-electron chi connectivity index (χ3n) is 4.90. The highest BCUT2D eigenvalue weighted by atomic mass is 32.2. The Morgan fingerprint density at radius 3 is 2.31 bits per heavy atom. The van der Waals surface area contributed by atoms with Gasteiger partial charge in [0.25, 0.3) is 0 Å². The molecule has 164 valence electrons. The summed E-state index contributed by atoms with van der Waals surface area (Å²) in [6, 6.07) is 20.8. The number of methoxy groups -OCH3 is 1. The molecular weight excluding hydrogens is 435 g/mol. The molecule has 4 aromatic rings. The fourth-order valence-electron chi connectivity index (χ4n) is 3.20. The van der Waals surface area contributed by atoms with E-state index in [-0.39, 0.29) is 0 Å². The van der Waals surface area contributed by atoms with E-state index in [4.69, 9.17) is 4.74 Å². The molecule has 0 fully saturated rings. The van der Waals surface area contributed by atoms with Crippen LogP contribution < -0.4 is 4.74 Å². The van der Waals surface area contributed by atoms with Crippen LogP contribution in [0.25, 0.3) is 17.1 Å².